The van der Waals surface area contributed by atoms with Gasteiger partial charge in [-0.2, -0.15) is 0 Å². The number of para-hydroxylation sites is 1. The average molecular weight is 610 g/mol. The number of hydrogen-bond acceptors (Lipinski definition) is 8. The Balaban J connectivity index is 1.17. The summed E-state index contributed by atoms with van der Waals surface area (Å²) < 4.78 is 33.4. The Hall–Kier alpha value is -1.91. The number of rotatable bonds is 4. The second-order valence-electron chi connectivity index (χ2n) is 13.7. The number of fused-ring (bicyclic) bond motifs is 8. The molecule has 6 nitrogen and oxygen atoms in total. The largest absolute Gasteiger partial charge is 0.390 e. The van der Waals surface area contributed by atoms with Crippen LogP contribution in [0.5, 0.6) is 0 Å². The molecule has 6 aliphatic rings. The number of ketones is 2. The van der Waals surface area contributed by atoms with E-state index < -0.39 is 46.0 Å². The van der Waals surface area contributed by atoms with Gasteiger partial charge in [0.15, 0.2) is 33.0 Å². The van der Waals surface area contributed by atoms with Crippen molar-refractivity contribution < 1.29 is 28.6 Å². The number of thiazole rings is 1. The van der Waals surface area contributed by atoms with Crippen LogP contribution in [0, 0.1) is 22.7 Å². The van der Waals surface area contributed by atoms with Crippen LogP contribution in [0.4, 0.5) is 4.39 Å². The third kappa shape index (κ3) is 3.40. The predicted molar refractivity (Wildman–Crippen MR) is 159 cm³/mol. The smallest absolute Gasteiger partial charge is 0.178 e. The molecule has 1 spiro atoms. The summed E-state index contributed by atoms with van der Waals surface area (Å²) in [5.74, 6) is -1.50. The molecule has 4 unspecified atom stereocenters. The zero-order valence-electron chi connectivity index (χ0n) is 23.9. The summed E-state index contributed by atoms with van der Waals surface area (Å²) in [4.78, 5) is 31.6. The van der Waals surface area contributed by atoms with Crippen LogP contribution in [0.25, 0.3) is 10.2 Å². The molecular formula is C33H36FNO5S2. The van der Waals surface area contributed by atoms with E-state index in [-0.39, 0.29) is 29.7 Å². The minimum absolute atomic E-state index is 0.0464. The lowest BCUT2D eigenvalue weighted by molar-refractivity contribution is -0.252. The number of carbonyl (C=O) groups is 2. The number of ether oxygens (including phenoxy) is 2. The number of carbonyl (C=O) groups excluding carboxylic acids is 2. The van der Waals surface area contributed by atoms with E-state index in [2.05, 4.69) is 0 Å². The Morgan fingerprint density at radius 2 is 2.00 bits per heavy atom. The number of benzene rings is 1. The molecule has 1 aromatic heterocycles. The highest BCUT2D eigenvalue weighted by atomic mass is 32.2. The van der Waals surface area contributed by atoms with Crippen molar-refractivity contribution in [2.75, 3.05) is 5.75 Å². The van der Waals surface area contributed by atoms with Crippen LogP contribution in [0.15, 0.2) is 52.4 Å². The SMILES string of the molecule is CC12C[C@H](O)[C@@]3(F)C(CCC4=CC(=O)C=CC43C)C1C[C@@H]1OC3(CCCC3)O[C@]12C(=O)CSc1nc2ccccc2s1. The first-order chi connectivity index (χ1) is 20.0. The van der Waals surface area contributed by atoms with Crippen LogP contribution in [0.1, 0.15) is 65.2 Å². The molecule has 2 aromatic rings. The number of alkyl halides is 1. The van der Waals surface area contributed by atoms with Crippen LogP contribution in [0.2, 0.25) is 0 Å². The Labute approximate surface area is 253 Å². The Kier molecular flexibility index (Phi) is 5.96. The van der Waals surface area contributed by atoms with E-state index in [0.29, 0.717) is 19.3 Å². The monoisotopic (exact) mass is 609 g/mol. The van der Waals surface area contributed by atoms with Gasteiger partial charge in [0.05, 0.1) is 28.2 Å². The third-order valence-corrected chi connectivity index (χ3v) is 14.1. The summed E-state index contributed by atoms with van der Waals surface area (Å²) >= 11 is 3.00. The van der Waals surface area contributed by atoms with Crippen molar-refractivity contribution in [1.82, 2.24) is 4.98 Å². The van der Waals surface area contributed by atoms with Gasteiger partial charge in [-0.1, -0.05) is 42.5 Å². The Morgan fingerprint density at radius 3 is 2.79 bits per heavy atom. The standard InChI is InChI=1S/C33H36FNO5S2/c1-29-14-11-20(36)15-19(29)9-10-21-22-16-27-33(40-31(39-27)12-5-6-13-31,30(22,2)17-25(37)32(21,29)34)26(38)18-41-28-35-23-7-3-4-8-24(23)42-28/h3-4,7-8,11,14-15,21-22,25,27,37H,5-6,9-10,12-13,16-18H2,1-2H3/t21?,22?,25-,27-,29?,30?,32-,33+/m0/s1. The summed E-state index contributed by atoms with van der Waals surface area (Å²) in [6.45, 7) is 3.87. The minimum atomic E-state index is -1.96. The number of halogens is 1. The van der Waals surface area contributed by atoms with E-state index >= 15 is 4.39 Å². The fourth-order valence-electron chi connectivity index (χ4n) is 9.91. The molecule has 1 saturated heterocycles. The lowest BCUT2D eigenvalue weighted by Crippen LogP contribution is -2.70. The van der Waals surface area contributed by atoms with Gasteiger partial charge in [-0.15, -0.1) is 11.3 Å². The molecule has 1 N–H and O–H groups in total. The van der Waals surface area contributed by atoms with Gasteiger partial charge >= 0.3 is 0 Å². The molecule has 42 heavy (non-hydrogen) atoms. The number of nitrogens with zero attached hydrogens (tertiary/aromatic N) is 1. The molecule has 8 rings (SSSR count). The predicted octanol–water partition coefficient (Wildman–Crippen LogP) is 6.36. The second kappa shape index (κ2) is 9.07. The maximum Gasteiger partial charge on any atom is 0.178 e. The molecular weight excluding hydrogens is 573 g/mol. The zero-order valence-corrected chi connectivity index (χ0v) is 25.6. The Bertz CT molecular complexity index is 1530. The van der Waals surface area contributed by atoms with E-state index in [1.165, 1.54) is 17.8 Å². The molecule has 1 aliphatic heterocycles. The van der Waals surface area contributed by atoms with Gasteiger partial charge in [-0.3, -0.25) is 9.59 Å². The molecule has 9 heteroatoms. The molecule has 0 bridgehead atoms. The molecule has 8 atom stereocenters. The summed E-state index contributed by atoms with van der Waals surface area (Å²) in [5, 5.41) is 11.9. The summed E-state index contributed by atoms with van der Waals surface area (Å²) in [7, 11) is 0. The van der Waals surface area contributed by atoms with Gasteiger partial charge < -0.3 is 14.6 Å². The molecule has 0 amide bonds. The van der Waals surface area contributed by atoms with E-state index in [1.54, 1.807) is 23.5 Å². The van der Waals surface area contributed by atoms with Crippen molar-refractivity contribution in [1.29, 1.82) is 0 Å². The number of allylic oxidation sites excluding steroid dienone is 4. The number of hydrogen-bond donors (Lipinski definition) is 1. The summed E-state index contributed by atoms with van der Waals surface area (Å²) in [5.41, 5.74) is -3.42. The maximum atomic E-state index is 17.7. The van der Waals surface area contributed by atoms with E-state index in [4.69, 9.17) is 14.5 Å². The normalized spacial score (nSPS) is 43.2. The van der Waals surface area contributed by atoms with Crippen molar-refractivity contribution in [2.45, 2.75) is 98.8 Å². The number of thioether (sulfide) groups is 1. The molecule has 2 heterocycles. The number of aromatic nitrogens is 1. The molecule has 5 fully saturated rings. The zero-order chi connectivity index (χ0) is 29.1. The first-order valence-corrected chi connectivity index (χ1v) is 17.1. The quantitative estimate of drug-likeness (QED) is 0.404. The van der Waals surface area contributed by atoms with Crippen LogP contribution < -0.4 is 0 Å². The first-order valence-electron chi connectivity index (χ1n) is 15.3. The van der Waals surface area contributed by atoms with Gasteiger partial charge in [0.25, 0.3) is 0 Å². The molecule has 0 radical (unpaired) electrons. The third-order valence-electron chi connectivity index (χ3n) is 11.9. The highest BCUT2D eigenvalue weighted by Gasteiger charge is 2.80. The highest BCUT2D eigenvalue weighted by molar-refractivity contribution is 8.01. The van der Waals surface area contributed by atoms with Gasteiger partial charge in [-0.05, 0) is 75.7 Å². The molecule has 5 aliphatic carbocycles. The van der Waals surface area contributed by atoms with Crippen LogP contribution >= 0.6 is 23.1 Å². The summed E-state index contributed by atoms with van der Waals surface area (Å²) in [6.07, 6.45) is 8.04. The van der Waals surface area contributed by atoms with E-state index in [9.17, 15) is 14.7 Å². The van der Waals surface area contributed by atoms with Gasteiger partial charge in [0.1, 0.15) is 0 Å². The Morgan fingerprint density at radius 1 is 1.21 bits per heavy atom. The molecule has 4 saturated carbocycles. The minimum Gasteiger partial charge on any atom is -0.390 e. The van der Waals surface area contributed by atoms with E-state index in [1.807, 2.05) is 38.1 Å². The fraction of sp³-hybridized carbons (Fsp3) is 0.606. The van der Waals surface area contributed by atoms with Crippen LogP contribution in [0.3, 0.4) is 0 Å². The lowest BCUT2D eigenvalue weighted by atomic mass is 9.44. The van der Waals surface area contributed by atoms with Crippen molar-refractivity contribution in [2.24, 2.45) is 22.7 Å². The fourth-order valence-corrected chi connectivity index (χ4v) is 11.9. The number of aliphatic hydroxyl groups excluding tert-OH is 1. The van der Waals surface area contributed by atoms with Crippen molar-refractivity contribution in [3.8, 4) is 0 Å². The average Bonchev–Trinajstić information content (AvgIpc) is 3.72. The summed E-state index contributed by atoms with van der Waals surface area (Å²) in [6, 6.07) is 7.95. The first kappa shape index (κ1) is 27.6. The number of Topliss-reactive ketones (excluding diaryl/α,β-unsaturated/α-hetero) is 1. The van der Waals surface area contributed by atoms with Gasteiger partial charge in [-0.25, -0.2) is 9.37 Å². The van der Waals surface area contributed by atoms with Gasteiger partial charge in [0, 0.05) is 29.6 Å². The van der Waals surface area contributed by atoms with Crippen LogP contribution in [-0.2, 0) is 19.1 Å². The lowest BCUT2D eigenvalue weighted by Gasteiger charge is -2.62. The van der Waals surface area contributed by atoms with Gasteiger partial charge in [0.2, 0.25) is 0 Å². The molecule has 222 valence electrons. The van der Waals surface area contributed by atoms with Crippen molar-refractivity contribution in [3.05, 3.63) is 48.1 Å². The van der Waals surface area contributed by atoms with E-state index in [0.717, 1.165) is 45.8 Å². The highest BCUT2D eigenvalue weighted by Crippen LogP contribution is 2.73. The molecule has 1 aromatic carbocycles. The van der Waals surface area contributed by atoms with Crippen LogP contribution in [-0.4, -0.2) is 56.7 Å². The van der Waals surface area contributed by atoms with Crippen molar-refractivity contribution >= 4 is 44.9 Å². The number of aliphatic hydroxyl groups is 1. The maximum absolute atomic E-state index is 17.7. The topological polar surface area (TPSA) is 85.7 Å². The second-order valence-corrected chi connectivity index (χ2v) is 16.0. The van der Waals surface area contributed by atoms with Crippen molar-refractivity contribution in [3.63, 3.8) is 0 Å².